The SMILES string of the molecule is CS(=O)(=O)N(CCNC(=O)NCCc1ccccc1)C1CCOCC1. The Morgan fingerprint density at radius 1 is 1.16 bits per heavy atom. The van der Waals surface area contributed by atoms with Crippen LogP contribution in [0.1, 0.15) is 18.4 Å². The molecule has 140 valence electrons. The Morgan fingerprint density at radius 2 is 1.80 bits per heavy atom. The highest BCUT2D eigenvalue weighted by atomic mass is 32.2. The van der Waals surface area contributed by atoms with Crippen molar-refractivity contribution in [3.63, 3.8) is 0 Å². The molecule has 1 aliphatic rings. The summed E-state index contributed by atoms with van der Waals surface area (Å²) in [5, 5.41) is 5.51. The topological polar surface area (TPSA) is 87.7 Å². The van der Waals surface area contributed by atoms with Crippen LogP contribution in [0.3, 0.4) is 0 Å². The maximum absolute atomic E-state index is 12.0. The van der Waals surface area contributed by atoms with Gasteiger partial charge in [-0.05, 0) is 24.8 Å². The average Bonchev–Trinajstić information content (AvgIpc) is 2.59. The molecule has 0 saturated carbocycles. The van der Waals surface area contributed by atoms with E-state index in [1.165, 1.54) is 10.6 Å². The van der Waals surface area contributed by atoms with Crippen molar-refractivity contribution < 1.29 is 17.9 Å². The van der Waals surface area contributed by atoms with Crippen molar-refractivity contribution in [2.45, 2.75) is 25.3 Å². The maximum Gasteiger partial charge on any atom is 0.314 e. The lowest BCUT2D eigenvalue weighted by Gasteiger charge is -2.32. The van der Waals surface area contributed by atoms with E-state index in [-0.39, 0.29) is 25.2 Å². The van der Waals surface area contributed by atoms with E-state index in [2.05, 4.69) is 10.6 Å². The minimum atomic E-state index is -3.31. The molecule has 0 unspecified atom stereocenters. The summed E-state index contributed by atoms with van der Waals surface area (Å²) in [5.74, 6) is 0. The smallest absolute Gasteiger partial charge is 0.314 e. The van der Waals surface area contributed by atoms with Crippen molar-refractivity contribution in [3.8, 4) is 0 Å². The number of nitrogens with zero attached hydrogens (tertiary/aromatic N) is 1. The quantitative estimate of drug-likeness (QED) is 0.715. The third-order valence-corrected chi connectivity index (χ3v) is 5.52. The van der Waals surface area contributed by atoms with Crippen molar-refractivity contribution in [3.05, 3.63) is 35.9 Å². The summed E-state index contributed by atoms with van der Waals surface area (Å²) in [5.41, 5.74) is 1.16. The first-order chi connectivity index (χ1) is 12.0. The Balaban J connectivity index is 1.70. The van der Waals surface area contributed by atoms with Crippen LogP contribution in [0.15, 0.2) is 30.3 Å². The van der Waals surface area contributed by atoms with Crippen molar-refractivity contribution in [2.75, 3.05) is 39.1 Å². The summed E-state index contributed by atoms with van der Waals surface area (Å²) < 4.78 is 30.7. The molecule has 1 aliphatic heterocycles. The van der Waals surface area contributed by atoms with Gasteiger partial charge in [0.05, 0.1) is 6.26 Å². The summed E-state index contributed by atoms with van der Waals surface area (Å²) in [6.07, 6.45) is 3.35. The molecular weight excluding hydrogens is 342 g/mol. The van der Waals surface area contributed by atoms with Crippen LogP contribution in [0.5, 0.6) is 0 Å². The van der Waals surface area contributed by atoms with Gasteiger partial charge in [0.25, 0.3) is 0 Å². The molecule has 0 atom stereocenters. The lowest BCUT2D eigenvalue weighted by atomic mass is 10.1. The summed E-state index contributed by atoms with van der Waals surface area (Å²) in [4.78, 5) is 11.8. The highest BCUT2D eigenvalue weighted by Crippen LogP contribution is 2.16. The zero-order chi connectivity index (χ0) is 18.1. The first-order valence-electron chi connectivity index (χ1n) is 8.57. The minimum absolute atomic E-state index is 0.0494. The average molecular weight is 369 g/mol. The number of nitrogens with one attached hydrogen (secondary N) is 2. The van der Waals surface area contributed by atoms with Crippen LogP contribution in [0.4, 0.5) is 4.79 Å². The van der Waals surface area contributed by atoms with Gasteiger partial charge in [0.1, 0.15) is 0 Å². The zero-order valence-electron chi connectivity index (χ0n) is 14.6. The molecule has 0 spiro atoms. The van der Waals surface area contributed by atoms with E-state index < -0.39 is 10.0 Å². The van der Waals surface area contributed by atoms with Crippen molar-refractivity contribution in [1.29, 1.82) is 0 Å². The molecule has 2 rings (SSSR count). The van der Waals surface area contributed by atoms with Gasteiger partial charge in [-0.3, -0.25) is 0 Å². The van der Waals surface area contributed by atoms with Crippen LogP contribution in [0, 0.1) is 0 Å². The van der Waals surface area contributed by atoms with Crippen LogP contribution < -0.4 is 10.6 Å². The summed E-state index contributed by atoms with van der Waals surface area (Å²) in [6.45, 7) is 2.23. The predicted molar refractivity (Wildman–Crippen MR) is 96.9 cm³/mol. The van der Waals surface area contributed by atoms with Gasteiger partial charge in [-0.25, -0.2) is 13.2 Å². The molecule has 1 aromatic carbocycles. The van der Waals surface area contributed by atoms with Gasteiger partial charge in [-0.15, -0.1) is 0 Å². The number of urea groups is 1. The number of carbonyl (C=O) groups is 1. The van der Waals surface area contributed by atoms with Gasteiger partial charge in [0, 0.05) is 38.9 Å². The second kappa shape index (κ2) is 9.74. The zero-order valence-corrected chi connectivity index (χ0v) is 15.4. The molecule has 1 heterocycles. The minimum Gasteiger partial charge on any atom is -0.381 e. The molecule has 2 N–H and O–H groups in total. The Morgan fingerprint density at radius 3 is 2.44 bits per heavy atom. The van der Waals surface area contributed by atoms with E-state index in [1.807, 2.05) is 30.3 Å². The van der Waals surface area contributed by atoms with Gasteiger partial charge < -0.3 is 15.4 Å². The summed E-state index contributed by atoms with van der Waals surface area (Å²) in [6, 6.07) is 9.57. The van der Waals surface area contributed by atoms with Crippen LogP contribution in [0.2, 0.25) is 0 Å². The molecule has 1 aromatic rings. The standard InChI is InChI=1S/C17H27N3O4S/c1-25(22,23)20(16-8-13-24-14-9-16)12-11-19-17(21)18-10-7-15-5-3-2-4-6-15/h2-6,16H,7-14H2,1H3,(H2,18,19,21). The van der Waals surface area contributed by atoms with Crippen molar-refractivity contribution in [2.24, 2.45) is 0 Å². The molecule has 0 aliphatic carbocycles. The highest BCUT2D eigenvalue weighted by Gasteiger charge is 2.28. The van der Waals surface area contributed by atoms with Gasteiger partial charge in [0.2, 0.25) is 10.0 Å². The van der Waals surface area contributed by atoms with E-state index in [4.69, 9.17) is 4.74 Å². The predicted octanol–water partition coefficient (Wildman–Crippen LogP) is 0.969. The highest BCUT2D eigenvalue weighted by molar-refractivity contribution is 7.88. The number of carbonyl (C=O) groups excluding carboxylic acids is 1. The lowest BCUT2D eigenvalue weighted by Crippen LogP contribution is -2.47. The van der Waals surface area contributed by atoms with Crippen molar-refractivity contribution >= 4 is 16.1 Å². The number of sulfonamides is 1. The number of hydrogen-bond acceptors (Lipinski definition) is 4. The van der Waals surface area contributed by atoms with E-state index in [1.54, 1.807) is 0 Å². The molecule has 1 saturated heterocycles. The number of amides is 2. The third-order valence-electron chi connectivity index (χ3n) is 4.18. The Bertz CT molecular complexity index is 631. The second-order valence-electron chi connectivity index (χ2n) is 6.14. The largest absolute Gasteiger partial charge is 0.381 e. The molecule has 2 amide bonds. The van der Waals surface area contributed by atoms with E-state index >= 15 is 0 Å². The molecular formula is C17H27N3O4S. The number of benzene rings is 1. The molecule has 0 bridgehead atoms. The molecule has 25 heavy (non-hydrogen) atoms. The Labute approximate surface area is 149 Å². The van der Waals surface area contributed by atoms with Gasteiger partial charge in [-0.2, -0.15) is 4.31 Å². The van der Waals surface area contributed by atoms with Gasteiger partial charge in [-0.1, -0.05) is 30.3 Å². The number of ether oxygens (including phenoxy) is 1. The normalized spacial score (nSPS) is 15.9. The third kappa shape index (κ3) is 7.01. The fourth-order valence-electron chi connectivity index (χ4n) is 2.90. The number of rotatable bonds is 8. The fraction of sp³-hybridized carbons (Fsp3) is 0.588. The number of hydrogen-bond donors (Lipinski definition) is 2. The fourth-order valence-corrected chi connectivity index (χ4v) is 4.07. The molecule has 0 radical (unpaired) electrons. The Hall–Kier alpha value is -1.64. The summed E-state index contributed by atoms with van der Waals surface area (Å²) >= 11 is 0. The monoisotopic (exact) mass is 369 g/mol. The van der Waals surface area contributed by atoms with Crippen LogP contribution in [-0.4, -0.2) is 63.9 Å². The Kier molecular flexibility index (Phi) is 7.67. The first kappa shape index (κ1) is 19.7. The van der Waals surface area contributed by atoms with Crippen LogP contribution >= 0.6 is 0 Å². The summed E-state index contributed by atoms with van der Waals surface area (Å²) in [7, 11) is -3.31. The second-order valence-corrected chi connectivity index (χ2v) is 8.07. The maximum atomic E-state index is 12.0. The van der Waals surface area contributed by atoms with Crippen LogP contribution in [-0.2, 0) is 21.2 Å². The molecule has 8 heteroatoms. The molecule has 0 aromatic heterocycles. The first-order valence-corrected chi connectivity index (χ1v) is 10.4. The van der Waals surface area contributed by atoms with E-state index in [0.717, 1.165) is 12.0 Å². The van der Waals surface area contributed by atoms with Crippen molar-refractivity contribution in [1.82, 2.24) is 14.9 Å². The van der Waals surface area contributed by atoms with E-state index in [0.29, 0.717) is 32.6 Å². The lowest BCUT2D eigenvalue weighted by molar-refractivity contribution is 0.0589. The molecule has 7 nitrogen and oxygen atoms in total. The van der Waals surface area contributed by atoms with Crippen LogP contribution in [0.25, 0.3) is 0 Å². The van der Waals surface area contributed by atoms with E-state index in [9.17, 15) is 13.2 Å². The van der Waals surface area contributed by atoms with Gasteiger partial charge in [0.15, 0.2) is 0 Å². The van der Waals surface area contributed by atoms with Gasteiger partial charge >= 0.3 is 6.03 Å². The molecule has 1 fully saturated rings.